The minimum atomic E-state index is -0.324. The molecule has 17 heavy (non-hydrogen) atoms. The maximum Gasteiger partial charge on any atom is 0.252 e. The van der Waals surface area contributed by atoms with Crippen molar-refractivity contribution in [2.75, 3.05) is 6.54 Å². The Balaban J connectivity index is 2.60. The van der Waals surface area contributed by atoms with E-state index in [0.717, 1.165) is 0 Å². The van der Waals surface area contributed by atoms with E-state index in [9.17, 15) is 4.79 Å². The summed E-state index contributed by atoms with van der Waals surface area (Å²) in [6, 6.07) is 1.52. The average molecular weight is 257 g/mol. The SMILES string of the molecule is CC(CNC(=O)c1ccncc1Cl)C(N)=NO. The molecule has 4 N–H and O–H groups in total. The largest absolute Gasteiger partial charge is 0.409 e. The van der Waals surface area contributed by atoms with Gasteiger partial charge in [-0.3, -0.25) is 9.78 Å². The lowest BCUT2D eigenvalue weighted by Crippen LogP contribution is -2.34. The molecule has 1 heterocycles. The molecule has 1 aromatic rings. The lowest BCUT2D eigenvalue weighted by Gasteiger charge is -2.11. The summed E-state index contributed by atoms with van der Waals surface area (Å²) < 4.78 is 0. The number of amidine groups is 1. The summed E-state index contributed by atoms with van der Waals surface area (Å²) in [7, 11) is 0. The van der Waals surface area contributed by atoms with Crippen molar-refractivity contribution in [1.29, 1.82) is 0 Å². The number of rotatable bonds is 4. The molecular formula is C10H13ClN4O2. The van der Waals surface area contributed by atoms with Crippen molar-refractivity contribution in [2.24, 2.45) is 16.8 Å². The fourth-order valence-electron chi connectivity index (χ4n) is 1.10. The van der Waals surface area contributed by atoms with Crippen LogP contribution in [0.15, 0.2) is 23.6 Å². The van der Waals surface area contributed by atoms with E-state index in [1.165, 1.54) is 18.5 Å². The van der Waals surface area contributed by atoms with E-state index in [1.807, 2.05) is 0 Å². The average Bonchev–Trinajstić information content (AvgIpc) is 2.35. The van der Waals surface area contributed by atoms with Crippen molar-refractivity contribution >= 4 is 23.3 Å². The van der Waals surface area contributed by atoms with Crippen LogP contribution in [-0.4, -0.2) is 28.5 Å². The van der Waals surface area contributed by atoms with Crippen molar-refractivity contribution in [2.45, 2.75) is 6.92 Å². The van der Waals surface area contributed by atoms with E-state index in [-0.39, 0.29) is 29.2 Å². The number of nitrogens with two attached hydrogens (primary N) is 1. The van der Waals surface area contributed by atoms with Gasteiger partial charge in [-0.05, 0) is 6.07 Å². The smallest absolute Gasteiger partial charge is 0.252 e. The molecule has 0 fully saturated rings. The molecule has 7 heteroatoms. The summed E-state index contributed by atoms with van der Waals surface area (Å²) in [5.74, 6) is -0.523. The monoisotopic (exact) mass is 256 g/mol. The number of hydrogen-bond donors (Lipinski definition) is 3. The van der Waals surface area contributed by atoms with E-state index < -0.39 is 0 Å². The van der Waals surface area contributed by atoms with Crippen molar-refractivity contribution in [3.63, 3.8) is 0 Å². The number of hydrogen-bond acceptors (Lipinski definition) is 4. The van der Waals surface area contributed by atoms with Crippen LogP contribution in [0.1, 0.15) is 17.3 Å². The number of carbonyl (C=O) groups is 1. The summed E-state index contributed by atoms with van der Waals surface area (Å²) in [5, 5.41) is 14.2. The minimum Gasteiger partial charge on any atom is -0.409 e. The van der Waals surface area contributed by atoms with Crippen LogP contribution in [0.3, 0.4) is 0 Å². The van der Waals surface area contributed by atoms with Crippen LogP contribution in [0.2, 0.25) is 5.02 Å². The molecule has 0 bridgehead atoms. The molecule has 0 aliphatic rings. The van der Waals surface area contributed by atoms with Gasteiger partial charge in [-0.15, -0.1) is 0 Å². The quantitative estimate of drug-likeness (QED) is 0.322. The number of amides is 1. The molecule has 0 saturated carbocycles. The third-order valence-corrected chi connectivity index (χ3v) is 2.51. The van der Waals surface area contributed by atoms with Gasteiger partial charge in [0.1, 0.15) is 5.84 Å². The number of aromatic nitrogens is 1. The molecular weight excluding hydrogens is 244 g/mol. The fourth-order valence-corrected chi connectivity index (χ4v) is 1.31. The van der Waals surface area contributed by atoms with Gasteiger partial charge in [0.15, 0.2) is 0 Å². The van der Waals surface area contributed by atoms with Crippen molar-refractivity contribution in [3.8, 4) is 0 Å². The predicted molar refractivity (Wildman–Crippen MR) is 64.2 cm³/mol. The van der Waals surface area contributed by atoms with Crippen LogP contribution in [0, 0.1) is 5.92 Å². The molecule has 1 rings (SSSR count). The number of halogens is 1. The van der Waals surface area contributed by atoms with Crippen molar-refractivity contribution in [1.82, 2.24) is 10.3 Å². The summed E-state index contributed by atoms with van der Waals surface area (Å²) >= 11 is 5.81. The molecule has 1 atom stereocenters. The maximum atomic E-state index is 11.7. The van der Waals surface area contributed by atoms with Crippen LogP contribution >= 0.6 is 11.6 Å². The van der Waals surface area contributed by atoms with E-state index in [2.05, 4.69) is 15.5 Å². The number of nitrogens with one attached hydrogen (secondary N) is 1. The predicted octanol–water partition coefficient (Wildman–Crippen LogP) is 0.847. The van der Waals surface area contributed by atoms with E-state index in [4.69, 9.17) is 22.5 Å². The second kappa shape index (κ2) is 6.05. The van der Waals surface area contributed by atoms with E-state index in [1.54, 1.807) is 6.92 Å². The van der Waals surface area contributed by atoms with Crippen molar-refractivity contribution < 1.29 is 10.0 Å². The minimum absolute atomic E-state index is 0.0612. The van der Waals surface area contributed by atoms with Gasteiger partial charge >= 0.3 is 0 Å². The van der Waals surface area contributed by atoms with Gasteiger partial charge in [-0.2, -0.15) is 0 Å². The lowest BCUT2D eigenvalue weighted by atomic mass is 10.1. The van der Waals surface area contributed by atoms with Crippen LogP contribution in [0.5, 0.6) is 0 Å². The first kappa shape index (κ1) is 13.2. The van der Waals surface area contributed by atoms with Gasteiger partial charge in [0.2, 0.25) is 0 Å². The zero-order chi connectivity index (χ0) is 12.8. The van der Waals surface area contributed by atoms with E-state index in [0.29, 0.717) is 5.56 Å². The number of oxime groups is 1. The Morgan fingerprint density at radius 1 is 1.76 bits per heavy atom. The summed E-state index contributed by atoms with van der Waals surface area (Å²) in [5.41, 5.74) is 5.73. The highest BCUT2D eigenvalue weighted by Gasteiger charge is 2.13. The van der Waals surface area contributed by atoms with Gasteiger partial charge in [-0.25, -0.2) is 0 Å². The molecule has 1 aromatic heterocycles. The van der Waals surface area contributed by atoms with Crippen LogP contribution in [0.4, 0.5) is 0 Å². The normalized spacial score (nSPS) is 13.2. The van der Waals surface area contributed by atoms with Gasteiger partial charge in [0.25, 0.3) is 5.91 Å². The van der Waals surface area contributed by atoms with Crippen LogP contribution < -0.4 is 11.1 Å². The first-order chi connectivity index (χ1) is 8.06. The molecule has 0 radical (unpaired) electrons. The Morgan fingerprint density at radius 2 is 2.47 bits per heavy atom. The Hall–Kier alpha value is -1.82. The molecule has 1 amide bonds. The van der Waals surface area contributed by atoms with Gasteiger partial charge < -0.3 is 16.3 Å². The highest BCUT2D eigenvalue weighted by atomic mass is 35.5. The zero-order valence-electron chi connectivity index (χ0n) is 9.22. The fraction of sp³-hybridized carbons (Fsp3) is 0.300. The topological polar surface area (TPSA) is 101 Å². The highest BCUT2D eigenvalue weighted by Crippen LogP contribution is 2.12. The Morgan fingerprint density at radius 3 is 3.06 bits per heavy atom. The lowest BCUT2D eigenvalue weighted by molar-refractivity contribution is 0.0951. The number of carbonyl (C=O) groups excluding carboxylic acids is 1. The number of nitrogens with zero attached hydrogens (tertiary/aromatic N) is 2. The summed E-state index contributed by atoms with van der Waals surface area (Å²) in [4.78, 5) is 15.5. The zero-order valence-corrected chi connectivity index (χ0v) is 9.98. The Kier molecular flexibility index (Phi) is 4.71. The second-order valence-electron chi connectivity index (χ2n) is 3.49. The molecule has 0 aromatic carbocycles. The summed E-state index contributed by atoms with van der Waals surface area (Å²) in [6.07, 6.45) is 2.87. The molecule has 0 aliphatic heterocycles. The standard InChI is InChI=1S/C10H13ClN4O2/c1-6(9(12)15-17)4-14-10(16)7-2-3-13-5-8(7)11/h2-3,5-6,17H,4H2,1H3,(H2,12,15)(H,14,16). The molecule has 0 saturated heterocycles. The molecule has 92 valence electrons. The maximum absolute atomic E-state index is 11.7. The van der Waals surface area contributed by atoms with Gasteiger partial charge in [0, 0.05) is 24.9 Å². The number of pyridine rings is 1. The molecule has 0 spiro atoms. The van der Waals surface area contributed by atoms with Gasteiger partial charge in [-0.1, -0.05) is 23.7 Å². The highest BCUT2D eigenvalue weighted by molar-refractivity contribution is 6.33. The van der Waals surface area contributed by atoms with Gasteiger partial charge in [0.05, 0.1) is 10.6 Å². The first-order valence-electron chi connectivity index (χ1n) is 4.91. The Bertz CT molecular complexity index is 436. The third-order valence-electron chi connectivity index (χ3n) is 2.21. The van der Waals surface area contributed by atoms with Crippen molar-refractivity contribution in [3.05, 3.63) is 29.0 Å². The van der Waals surface area contributed by atoms with E-state index >= 15 is 0 Å². The summed E-state index contributed by atoms with van der Waals surface area (Å²) in [6.45, 7) is 1.98. The third kappa shape index (κ3) is 3.60. The second-order valence-corrected chi connectivity index (χ2v) is 3.90. The molecule has 1 unspecified atom stereocenters. The van der Waals surface area contributed by atoms with Crippen LogP contribution in [-0.2, 0) is 0 Å². The Labute approximate surface area is 103 Å². The molecule has 6 nitrogen and oxygen atoms in total. The molecule has 0 aliphatic carbocycles. The first-order valence-corrected chi connectivity index (χ1v) is 5.29. The van der Waals surface area contributed by atoms with Crippen LogP contribution in [0.25, 0.3) is 0 Å².